The predicted octanol–water partition coefficient (Wildman–Crippen LogP) is 3.11. The molecule has 0 spiro atoms. The van der Waals surface area contributed by atoms with E-state index >= 15 is 0 Å². The monoisotopic (exact) mass is 377 g/mol. The van der Waals surface area contributed by atoms with Gasteiger partial charge in [-0.25, -0.2) is 4.98 Å². The Kier molecular flexibility index (Phi) is 4.28. The van der Waals surface area contributed by atoms with Gasteiger partial charge in [0, 0.05) is 24.8 Å². The van der Waals surface area contributed by atoms with E-state index in [1.165, 1.54) is 5.56 Å². The minimum atomic E-state index is -0.0289. The van der Waals surface area contributed by atoms with Gasteiger partial charge in [0.05, 0.1) is 5.69 Å². The van der Waals surface area contributed by atoms with E-state index in [2.05, 4.69) is 17.0 Å². The highest BCUT2D eigenvalue weighted by Gasteiger charge is 2.28. The van der Waals surface area contributed by atoms with Crippen molar-refractivity contribution in [3.05, 3.63) is 69.8 Å². The van der Waals surface area contributed by atoms with Crippen molar-refractivity contribution < 1.29 is 9.47 Å². The molecule has 6 heteroatoms. The Morgan fingerprint density at radius 2 is 2.00 bits per heavy atom. The summed E-state index contributed by atoms with van der Waals surface area (Å²) in [7, 11) is 0. The quantitative estimate of drug-likeness (QED) is 0.702. The van der Waals surface area contributed by atoms with Gasteiger partial charge < -0.3 is 9.47 Å². The van der Waals surface area contributed by atoms with Gasteiger partial charge in [-0.15, -0.1) is 0 Å². The average Bonchev–Trinajstić information content (AvgIpc) is 3.16. The molecular formula is C22H23N3O3. The standard InChI is InChI=1S/C22H23N3O3/c1-15-4-2-9-25-21(26)13-17(23-22(15)25)14-24-8-3-5-18(24)16-6-7-19-20(12-16)28-11-10-27-19/h2,4,6-7,9,12-13,18H,3,5,8,10-11,14H2,1H3/t18-/m1/s1. The molecule has 0 N–H and O–H groups in total. The van der Waals surface area contributed by atoms with Crippen molar-refractivity contribution in [2.24, 2.45) is 0 Å². The summed E-state index contributed by atoms with van der Waals surface area (Å²) in [6.45, 7) is 4.84. The van der Waals surface area contributed by atoms with Crippen LogP contribution in [0.15, 0.2) is 47.4 Å². The summed E-state index contributed by atoms with van der Waals surface area (Å²) in [6.07, 6.45) is 3.99. The fourth-order valence-corrected chi connectivity index (χ4v) is 4.26. The van der Waals surface area contributed by atoms with Crippen molar-refractivity contribution in [2.45, 2.75) is 32.4 Å². The van der Waals surface area contributed by atoms with Crippen LogP contribution in [0.25, 0.3) is 5.65 Å². The molecule has 2 aromatic heterocycles. The lowest BCUT2D eigenvalue weighted by Gasteiger charge is -2.26. The Morgan fingerprint density at radius 1 is 1.14 bits per heavy atom. The Morgan fingerprint density at radius 3 is 2.89 bits per heavy atom. The van der Waals surface area contributed by atoms with Crippen molar-refractivity contribution >= 4 is 5.65 Å². The third-order valence-corrected chi connectivity index (χ3v) is 5.62. The first kappa shape index (κ1) is 17.3. The number of aryl methyl sites for hydroxylation is 1. The average molecular weight is 377 g/mol. The molecule has 5 rings (SSSR count). The zero-order valence-corrected chi connectivity index (χ0v) is 15.9. The van der Waals surface area contributed by atoms with E-state index < -0.39 is 0 Å². The van der Waals surface area contributed by atoms with Gasteiger partial charge in [0.15, 0.2) is 11.5 Å². The van der Waals surface area contributed by atoms with Crippen LogP contribution in [0.2, 0.25) is 0 Å². The van der Waals surface area contributed by atoms with Gasteiger partial charge in [-0.05, 0) is 55.6 Å². The lowest BCUT2D eigenvalue weighted by Crippen LogP contribution is -2.25. The van der Waals surface area contributed by atoms with Crippen molar-refractivity contribution in [2.75, 3.05) is 19.8 Å². The molecule has 0 bridgehead atoms. The van der Waals surface area contributed by atoms with Gasteiger partial charge in [-0.2, -0.15) is 0 Å². The van der Waals surface area contributed by atoms with Gasteiger partial charge in [0.2, 0.25) is 0 Å². The maximum atomic E-state index is 12.5. The van der Waals surface area contributed by atoms with Gasteiger partial charge in [0.1, 0.15) is 18.9 Å². The van der Waals surface area contributed by atoms with E-state index in [0.29, 0.717) is 25.8 Å². The highest BCUT2D eigenvalue weighted by atomic mass is 16.6. The molecule has 0 radical (unpaired) electrons. The number of pyridine rings is 1. The number of hydrogen-bond donors (Lipinski definition) is 0. The molecule has 0 saturated carbocycles. The second-order valence-corrected chi connectivity index (χ2v) is 7.50. The first-order valence-corrected chi connectivity index (χ1v) is 9.80. The fraction of sp³-hybridized carbons (Fsp3) is 0.364. The number of rotatable bonds is 3. The molecule has 1 saturated heterocycles. The van der Waals surface area contributed by atoms with Gasteiger partial charge >= 0.3 is 0 Å². The molecule has 4 heterocycles. The van der Waals surface area contributed by atoms with E-state index in [9.17, 15) is 4.79 Å². The van der Waals surface area contributed by atoms with Crippen LogP contribution in [0.3, 0.4) is 0 Å². The largest absolute Gasteiger partial charge is 0.486 e. The van der Waals surface area contributed by atoms with Crippen molar-refractivity contribution in [3.8, 4) is 11.5 Å². The summed E-state index contributed by atoms with van der Waals surface area (Å²) in [5.74, 6) is 1.65. The molecule has 3 aromatic rings. The number of aromatic nitrogens is 2. The minimum absolute atomic E-state index is 0.0289. The zero-order chi connectivity index (χ0) is 19.1. The Balaban J connectivity index is 1.44. The van der Waals surface area contributed by atoms with Crippen LogP contribution in [-0.4, -0.2) is 34.0 Å². The second kappa shape index (κ2) is 6.95. The van der Waals surface area contributed by atoms with Gasteiger partial charge in [-0.1, -0.05) is 12.1 Å². The van der Waals surface area contributed by atoms with Crippen LogP contribution in [0, 0.1) is 6.92 Å². The van der Waals surface area contributed by atoms with Gasteiger partial charge in [-0.3, -0.25) is 14.1 Å². The topological polar surface area (TPSA) is 56.1 Å². The molecule has 6 nitrogen and oxygen atoms in total. The van der Waals surface area contributed by atoms with E-state index in [1.54, 1.807) is 16.7 Å². The normalized spacial score (nSPS) is 19.2. The number of nitrogens with zero attached hydrogens (tertiary/aromatic N) is 3. The van der Waals surface area contributed by atoms with Crippen LogP contribution in [0.4, 0.5) is 0 Å². The number of fused-ring (bicyclic) bond motifs is 2. The SMILES string of the molecule is Cc1cccn2c(=O)cc(CN3CCC[C@@H]3c3ccc4c(c3)OCCO4)nc12. The van der Waals surface area contributed by atoms with Crippen molar-refractivity contribution in [1.82, 2.24) is 14.3 Å². The summed E-state index contributed by atoms with van der Waals surface area (Å²) < 4.78 is 13.0. The van der Waals surface area contributed by atoms with Crippen LogP contribution in [-0.2, 0) is 6.54 Å². The molecule has 0 unspecified atom stereocenters. The molecule has 2 aliphatic heterocycles. The fourth-order valence-electron chi connectivity index (χ4n) is 4.26. The minimum Gasteiger partial charge on any atom is -0.486 e. The zero-order valence-electron chi connectivity index (χ0n) is 15.9. The number of hydrogen-bond acceptors (Lipinski definition) is 5. The summed E-state index contributed by atoms with van der Waals surface area (Å²) in [5, 5.41) is 0. The molecule has 0 aliphatic carbocycles. The van der Waals surface area contributed by atoms with E-state index in [1.807, 2.05) is 25.1 Å². The number of ether oxygens (including phenoxy) is 2. The van der Waals surface area contributed by atoms with Crippen LogP contribution in [0.1, 0.15) is 35.7 Å². The smallest absolute Gasteiger partial charge is 0.258 e. The predicted molar refractivity (Wildman–Crippen MR) is 106 cm³/mol. The molecular weight excluding hydrogens is 354 g/mol. The molecule has 2 aliphatic rings. The first-order chi connectivity index (χ1) is 13.7. The van der Waals surface area contributed by atoms with Crippen LogP contribution in [0.5, 0.6) is 11.5 Å². The Labute approximate surface area is 163 Å². The highest BCUT2D eigenvalue weighted by molar-refractivity contribution is 5.47. The van der Waals surface area contributed by atoms with E-state index in [0.717, 1.165) is 47.8 Å². The third-order valence-electron chi connectivity index (χ3n) is 5.62. The Hall–Kier alpha value is -2.86. The number of likely N-dealkylation sites (tertiary alicyclic amines) is 1. The molecule has 1 aromatic carbocycles. The number of benzene rings is 1. The summed E-state index contributed by atoms with van der Waals surface area (Å²) in [6, 6.07) is 12.1. The van der Waals surface area contributed by atoms with Crippen molar-refractivity contribution in [3.63, 3.8) is 0 Å². The van der Waals surface area contributed by atoms with E-state index in [4.69, 9.17) is 14.5 Å². The van der Waals surface area contributed by atoms with Crippen LogP contribution < -0.4 is 15.0 Å². The molecule has 1 atom stereocenters. The Bertz CT molecular complexity index is 1090. The molecule has 28 heavy (non-hydrogen) atoms. The summed E-state index contributed by atoms with van der Waals surface area (Å²) in [5.41, 5.74) is 3.77. The second-order valence-electron chi connectivity index (χ2n) is 7.50. The summed E-state index contributed by atoms with van der Waals surface area (Å²) in [4.78, 5) is 19.7. The summed E-state index contributed by atoms with van der Waals surface area (Å²) >= 11 is 0. The molecule has 1 fully saturated rings. The maximum Gasteiger partial charge on any atom is 0.258 e. The molecule has 144 valence electrons. The first-order valence-electron chi connectivity index (χ1n) is 9.80. The maximum absolute atomic E-state index is 12.5. The lowest BCUT2D eigenvalue weighted by atomic mass is 10.0. The van der Waals surface area contributed by atoms with Crippen molar-refractivity contribution in [1.29, 1.82) is 0 Å². The van der Waals surface area contributed by atoms with E-state index in [-0.39, 0.29) is 5.56 Å². The lowest BCUT2D eigenvalue weighted by molar-refractivity contribution is 0.170. The van der Waals surface area contributed by atoms with Gasteiger partial charge in [0.25, 0.3) is 5.56 Å². The molecule has 0 amide bonds. The van der Waals surface area contributed by atoms with Crippen LogP contribution >= 0.6 is 0 Å². The highest BCUT2D eigenvalue weighted by Crippen LogP contribution is 2.38. The third kappa shape index (κ3) is 3.03.